The van der Waals surface area contributed by atoms with Gasteiger partial charge in [0.05, 0.1) is 11.2 Å². The lowest BCUT2D eigenvalue weighted by atomic mass is 9.53. The second kappa shape index (κ2) is 15.7. The van der Waals surface area contributed by atoms with Crippen molar-refractivity contribution < 1.29 is 29.9 Å². The largest absolute Gasteiger partial charge is 0.508 e. The molecule has 6 aliphatic carbocycles. The van der Waals surface area contributed by atoms with E-state index in [0.29, 0.717) is 47.0 Å². The van der Waals surface area contributed by atoms with Gasteiger partial charge < -0.3 is 29.9 Å². The van der Waals surface area contributed by atoms with Gasteiger partial charge in [-0.2, -0.15) is 0 Å². The van der Waals surface area contributed by atoms with Gasteiger partial charge in [0, 0.05) is 26.4 Å². The first-order valence-electron chi connectivity index (χ1n) is 22.3. The smallest absolute Gasteiger partial charge is 0.115 e. The van der Waals surface area contributed by atoms with Crippen LogP contribution >= 0.6 is 0 Å². The number of rotatable bonds is 15. The van der Waals surface area contributed by atoms with Gasteiger partial charge in [0.1, 0.15) is 11.5 Å². The van der Waals surface area contributed by atoms with Crippen molar-refractivity contribution in [2.24, 2.45) is 34.5 Å². The average Bonchev–Trinajstić information content (AvgIpc) is 3.59. The molecule has 0 unspecified atom stereocenters. The van der Waals surface area contributed by atoms with E-state index in [4.69, 9.17) is 9.47 Å². The minimum Gasteiger partial charge on any atom is -0.508 e. The number of unbranched alkanes of at least 4 members (excludes halogenated alkanes) is 3. The third-order valence-corrected chi connectivity index (χ3v) is 17.1. The summed E-state index contributed by atoms with van der Waals surface area (Å²) in [6.07, 6.45) is 21.1. The van der Waals surface area contributed by atoms with Crippen LogP contribution < -0.4 is 0 Å². The van der Waals surface area contributed by atoms with Crippen LogP contribution in [0.3, 0.4) is 0 Å². The third-order valence-electron chi connectivity index (χ3n) is 17.1. The van der Waals surface area contributed by atoms with Crippen LogP contribution in [0.5, 0.6) is 11.5 Å². The van der Waals surface area contributed by atoms with Gasteiger partial charge in [0.2, 0.25) is 0 Å². The number of hydrogen-bond donors (Lipinski definition) is 4. The topological polar surface area (TPSA) is 99.4 Å². The van der Waals surface area contributed by atoms with Gasteiger partial charge in [-0.3, -0.25) is 0 Å². The summed E-state index contributed by atoms with van der Waals surface area (Å²) in [5.74, 6) is 4.41. The zero-order chi connectivity index (χ0) is 37.6. The van der Waals surface area contributed by atoms with E-state index in [-0.39, 0.29) is 10.8 Å². The Balaban J connectivity index is 0.672. The van der Waals surface area contributed by atoms with E-state index >= 15 is 0 Å². The van der Waals surface area contributed by atoms with Crippen molar-refractivity contribution in [1.29, 1.82) is 0 Å². The lowest BCUT2D eigenvalue weighted by molar-refractivity contribution is -0.110. The molecule has 0 aliphatic heterocycles. The molecular formula is C48H70O6. The molecule has 2 aromatic rings. The molecule has 4 fully saturated rings. The molecule has 4 N–H and O–H groups in total. The maximum absolute atomic E-state index is 12.0. The molecule has 54 heavy (non-hydrogen) atoms. The highest BCUT2D eigenvalue weighted by molar-refractivity contribution is 5.41. The molecule has 0 aromatic heterocycles. The lowest BCUT2D eigenvalue weighted by Crippen LogP contribution is -2.50. The van der Waals surface area contributed by atoms with E-state index in [0.717, 1.165) is 142 Å². The van der Waals surface area contributed by atoms with Crippen LogP contribution in [0.2, 0.25) is 0 Å². The van der Waals surface area contributed by atoms with Crippen LogP contribution in [0.15, 0.2) is 36.4 Å². The van der Waals surface area contributed by atoms with E-state index in [1.807, 2.05) is 24.3 Å². The molecule has 6 nitrogen and oxygen atoms in total. The second-order valence-corrected chi connectivity index (χ2v) is 19.5. The first-order valence-corrected chi connectivity index (χ1v) is 22.3. The first kappa shape index (κ1) is 38.7. The fraction of sp³-hybridized carbons (Fsp3) is 0.750. The van der Waals surface area contributed by atoms with Crippen molar-refractivity contribution in [2.45, 2.75) is 165 Å². The Kier molecular flexibility index (Phi) is 11.2. The number of phenolic OH excluding ortho intramolecular Hbond substituents is 2. The maximum atomic E-state index is 12.0. The Hall–Kier alpha value is -2.12. The standard InChI is InChI=1S/C48H70O6/c1-45-23-17-39-37-15-11-35(49)31-33(37)9-13-41(39)43(45)19-25-47(45,51)21-7-29-53-27-5-3-4-6-28-54-30-8-22-48(52)26-20-44-42-14-10-34-32-36(50)12-16-38(34)40(42)18-24-46(44,48)2/h11-12,15-16,31-32,39-44,49-52H,3-10,13-14,17-30H2,1-2H3/t39-,40-,41-,42-,43+,44+,45+,46+,47+,48+/m1/s1. The van der Waals surface area contributed by atoms with Crippen molar-refractivity contribution in [3.8, 4) is 11.5 Å². The normalized spacial score (nSPS) is 37.9. The van der Waals surface area contributed by atoms with E-state index in [2.05, 4.69) is 26.0 Å². The summed E-state index contributed by atoms with van der Waals surface area (Å²) in [5, 5.41) is 44.1. The Bertz CT molecular complexity index is 1490. The summed E-state index contributed by atoms with van der Waals surface area (Å²) < 4.78 is 12.1. The van der Waals surface area contributed by atoms with Crippen LogP contribution in [-0.2, 0) is 22.3 Å². The number of hydrogen-bond acceptors (Lipinski definition) is 6. The quantitative estimate of drug-likeness (QED) is 0.136. The summed E-state index contributed by atoms with van der Waals surface area (Å²) in [6, 6.07) is 12.0. The third kappa shape index (κ3) is 6.96. The molecule has 4 saturated carbocycles. The van der Waals surface area contributed by atoms with E-state index in [1.54, 1.807) is 0 Å². The van der Waals surface area contributed by atoms with Gasteiger partial charge in [-0.15, -0.1) is 0 Å². The summed E-state index contributed by atoms with van der Waals surface area (Å²) in [5.41, 5.74) is 4.43. The number of aromatic hydroxyl groups is 2. The Morgan fingerprint density at radius 1 is 0.537 bits per heavy atom. The second-order valence-electron chi connectivity index (χ2n) is 19.5. The van der Waals surface area contributed by atoms with Crippen molar-refractivity contribution in [3.05, 3.63) is 58.7 Å². The molecule has 298 valence electrons. The zero-order valence-electron chi connectivity index (χ0n) is 33.5. The van der Waals surface area contributed by atoms with Gasteiger partial charge in [-0.05, 0) is 208 Å². The highest BCUT2D eigenvalue weighted by atomic mass is 16.5. The Morgan fingerprint density at radius 3 is 1.41 bits per heavy atom. The highest BCUT2D eigenvalue weighted by Crippen LogP contribution is 2.66. The molecule has 0 bridgehead atoms. The molecule has 8 rings (SSSR count). The predicted molar refractivity (Wildman–Crippen MR) is 214 cm³/mol. The zero-order valence-corrected chi connectivity index (χ0v) is 33.5. The molecule has 0 amide bonds. The number of fused-ring (bicyclic) bond motifs is 10. The molecule has 0 radical (unpaired) electrons. The number of aliphatic hydroxyl groups is 2. The Morgan fingerprint density at radius 2 is 0.963 bits per heavy atom. The van der Waals surface area contributed by atoms with Gasteiger partial charge >= 0.3 is 0 Å². The van der Waals surface area contributed by atoms with Crippen LogP contribution in [0, 0.1) is 34.5 Å². The van der Waals surface area contributed by atoms with Gasteiger partial charge in [-0.25, -0.2) is 0 Å². The van der Waals surface area contributed by atoms with Gasteiger partial charge in [-0.1, -0.05) is 38.8 Å². The number of benzene rings is 2. The first-order chi connectivity index (χ1) is 26.1. The van der Waals surface area contributed by atoms with Crippen molar-refractivity contribution in [2.75, 3.05) is 26.4 Å². The molecular weight excluding hydrogens is 673 g/mol. The van der Waals surface area contributed by atoms with E-state index in [1.165, 1.54) is 35.1 Å². The molecule has 2 aromatic carbocycles. The van der Waals surface area contributed by atoms with Gasteiger partial charge in [0.15, 0.2) is 0 Å². The summed E-state index contributed by atoms with van der Waals surface area (Å²) in [4.78, 5) is 0. The fourth-order valence-corrected chi connectivity index (χ4v) is 14.1. The molecule has 0 heterocycles. The summed E-state index contributed by atoms with van der Waals surface area (Å²) in [7, 11) is 0. The molecule has 0 spiro atoms. The monoisotopic (exact) mass is 743 g/mol. The Labute approximate surface area is 325 Å². The van der Waals surface area contributed by atoms with Crippen LogP contribution in [0.4, 0.5) is 0 Å². The van der Waals surface area contributed by atoms with Gasteiger partial charge in [0.25, 0.3) is 0 Å². The number of phenols is 2. The minimum atomic E-state index is -0.578. The lowest BCUT2D eigenvalue weighted by Gasteiger charge is -2.53. The molecule has 6 aliphatic rings. The number of aryl methyl sites for hydroxylation is 2. The summed E-state index contributed by atoms with van der Waals surface area (Å²) >= 11 is 0. The average molecular weight is 743 g/mol. The molecule has 6 heteroatoms. The molecule has 0 saturated heterocycles. The fourth-order valence-electron chi connectivity index (χ4n) is 14.1. The minimum absolute atomic E-state index is 0.00245. The van der Waals surface area contributed by atoms with E-state index < -0.39 is 11.2 Å². The predicted octanol–water partition coefficient (Wildman–Crippen LogP) is 10.1. The molecule has 10 atom stereocenters. The van der Waals surface area contributed by atoms with Crippen molar-refractivity contribution >= 4 is 0 Å². The van der Waals surface area contributed by atoms with Crippen molar-refractivity contribution in [3.63, 3.8) is 0 Å². The highest BCUT2D eigenvalue weighted by Gasteiger charge is 2.62. The van der Waals surface area contributed by atoms with E-state index in [9.17, 15) is 20.4 Å². The van der Waals surface area contributed by atoms with Crippen LogP contribution in [-0.4, -0.2) is 58.1 Å². The SMILES string of the molecule is C[C@]12CC[C@@H]3c4ccc(O)cc4CC[C@H]3[C@@H]1CC[C@@]2(O)CCCOCCCCCCOCCC[C@]1(O)CC[C@H]2[C@@H]3CCc4cc(O)ccc4[C@H]3CC[C@@]21C. The number of ether oxygens (including phenoxy) is 2. The van der Waals surface area contributed by atoms with Crippen LogP contribution in [0.25, 0.3) is 0 Å². The maximum Gasteiger partial charge on any atom is 0.115 e. The van der Waals surface area contributed by atoms with Crippen LogP contribution in [0.1, 0.15) is 164 Å². The summed E-state index contributed by atoms with van der Waals surface area (Å²) in [6.45, 7) is 7.85. The van der Waals surface area contributed by atoms with Crippen molar-refractivity contribution in [1.82, 2.24) is 0 Å².